The predicted octanol–water partition coefficient (Wildman–Crippen LogP) is -3.26. The van der Waals surface area contributed by atoms with Crippen molar-refractivity contribution in [1.82, 2.24) is 0 Å². The van der Waals surface area contributed by atoms with Crippen LogP contribution in [0.5, 0.6) is 0 Å². The largest absolute Gasteiger partial charge is 0.438 e. The van der Waals surface area contributed by atoms with Gasteiger partial charge in [-0.3, -0.25) is 0 Å². The van der Waals surface area contributed by atoms with E-state index in [2.05, 4.69) is 0 Å². The summed E-state index contributed by atoms with van der Waals surface area (Å²) in [5.74, 6) is 0. The molecule has 0 saturated carbocycles. The van der Waals surface area contributed by atoms with Crippen molar-refractivity contribution < 1.29 is 29.7 Å². The van der Waals surface area contributed by atoms with Crippen molar-refractivity contribution in [2.45, 2.75) is 24.4 Å². The molecule has 13 heavy (non-hydrogen) atoms. The van der Waals surface area contributed by atoms with Crippen LogP contribution >= 0.6 is 0 Å². The van der Waals surface area contributed by atoms with Gasteiger partial charge in [-0.05, 0) is 0 Å². The van der Waals surface area contributed by atoms with E-state index in [1.807, 2.05) is 0 Å². The highest BCUT2D eigenvalue weighted by Gasteiger charge is 2.39. The van der Waals surface area contributed by atoms with E-state index in [0.29, 0.717) is 0 Å². The molecule has 0 aromatic carbocycles. The van der Waals surface area contributed by atoms with E-state index in [-0.39, 0.29) is 7.69 Å². The first kappa shape index (κ1) is 10.9. The summed E-state index contributed by atoms with van der Waals surface area (Å²) in [6.07, 6.45) is -3.78. The normalized spacial score (nSPS) is 32.6. The van der Waals surface area contributed by atoms with Gasteiger partial charge in [-0.1, -0.05) is 0 Å². The summed E-state index contributed by atoms with van der Waals surface area (Å²) in [6, 6.07) is 0. The second kappa shape index (κ2) is 4.89. The Labute approximate surface area is 76.0 Å². The van der Waals surface area contributed by atoms with Gasteiger partial charge in [0.15, 0.2) is 0 Å². The highest BCUT2D eigenvalue weighted by molar-refractivity contribution is 6.19. The number of hydrogen-bond donors (Lipinski definition) is 4. The minimum absolute atomic E-state index is 0.0521. The van der Waals surface area contributed by atoms with Crippen LogP contribution in [-0.4, -0.2) is 65.7 Å². The smallest absolute Gasteiger partial charge is 0.406 e. The molecule has 0 radical (unpaired) electrons. The molecule has 1 heterocycles. The molecule has 1 fully saturated rings. The average Bonchev–Trinajstić information content (AvgIpc) is 2.63. The van der Waals surface area contributed by atoms with Crippen LogP contribution in [0.2, 0.25) is 0 Å². The molecule has 0 spiro atoms. The lowest BCUT2D eigenvalue weighted by atomic mass is 10.0. The zero-order chi connectivity index (χ0) is 9.84. The van der Waals surface area contributed by atoms with E-state index in [1.165, 1.54) is 0 Å². The predicted molar refractivity (Wildman–Crippen MR) is 43.1 cm³/mol. The molecule has 1 rings (SSSR count). The lowest BCUT2D eigenvalue weighted by Gasteiger charge is -2.24. The van der Waals surface area contributed by atoms with Gasteiger partial charge in [0.25, 0.3) is 0 Å². The van der Waals surface area contributed by atoms with Crippen LogP contribution in [0.1, 0.15) is 0 Å². The molecule has 6 nitrogen and oxygen atoms in total. The van der Waals surface area contributed by atoms with Crippen LogP contribution in [-0.2, 0) is 9.31 Å². The zero-order valence-corrected chi connectivity index (χ0v) is 7.04. The summed E-state index contributed by atoms with van der Waals surface area (Å²) in [7, 11) is -0.0521. The fraction of sp³-hybridized carbons (Fsp3) is 1.00. The molecule has 0 amide bonds. The van der Waals surface area contributed by atoms with Crippen molar-refractivity contribution >= 4 is 7.69 Å². The van der Waals surface area contributed by atoms with Gasteiger partial charge in [0.2, 0.25) is 0 Å². The van der Waals surface area contributed by atoms with Crippen LogP contribution in [0.3, 0.4) is 0 Å². The molecule has 1 saturated heterocycles. The third-order valence-corrected chi connectivity index (χ3v) is 1.98. The third kappa shape index (κ3) is 2.40. The van der Waals surface area contributed by atoms with E-state index in [0.717, 1.165) is 0 Å². The Morgan fingerprint density at radius 1 is 1.00 bits per heavy atom. The van der Waals surface area contributed by atoms with E-state index in [9.17, 15) is 10.2 Å². The van der Waals surface area contributed by atoms with Gasteiger partial charge in [0.1, 0.15) is 12.2 Å². The summed E-state index contributed by atoms with van der Waals surface area (Å²) >= 11 is 0. The molecule has 1 aliphatic heterocycles. The highest BCUT2D eigenvalue weighted by atomic mass is 16.7. The van der Waals surface area contributed by atoms with Gasteiger partial charge in [-0.2, -0.15) is 0 Å². The molecular formula is C6H13BO6. The fourth-order valence-corrected chi connectivity index (χ4v) is 1.25. The van der Waals surface area contributed by atoms with E-state index in [1.54, 1.807) is 0 Å². The van der Waals surface area contributed by atoms with E-state index >= 15 is 0 Å². The highest BCUT2D eigenvalue weighted by Crippen LogP contribution is 2.18. The molecule has 76 valence electrons. The maximum atomic E-state index is 9.22. The number of hydrogen-bond acceptors (Lipinski definition) is 6. The molecule has 0 aliphatic carbocycles. The number of aliphatic hydroxyl groups excluding tert-OH is 4. The maximum absolute atomic E-state index is 9.22. The van der Waals surface area contributed by atoms with Gasteiger partial charge >= 0.3 is 7.69 Å². The standard InChI is InChI=1S/C6H13BO6/c8-1-3(10)5-6(4(11)2-9)13-7-12-5/h3-11H,1-2H2. The van der Waals surface area contributed by atoms with E-state index in [4.69, 9.17) is 19.5 Å². The summed E-state index contributed by atoms with van der Waals surface area (Å²) in [5, 5.41) is 35.7. The van der Waals surface area contributed by atoms with Crippen molar-refractivity contribution in [2.75, 3.05) is 13.2 Å². The number of aliphatic hydroxyl groups is 4. The number of rotatable bonds is 4. The summed E-state index contributed by atoms with van der Waals surface area (Å²) in [5.41, 5.74) is 0. The van der Waals surface area contributed by atoms with Crippen molar-refractivity contribution in [1.29, 1.82) is 0 Å². The first-order valence-electron chi connectivity index (χ1n) is 4.01. The molecule has 4 N–H and O–H groups in total. The monoisotopic (exact) mass is 192 g/mol. The Hall–Kier alpha value is -0.175. The minimum Gasteiger partial charge on any atom is -0.406 e. The van der Waals surface area contributed by atoms with Crippen LogP contribution in [0.15, 0.2) is 0 Å². The third-order valence-electron chi connectivity index (χ3n) is 1.98. The molecule has 0 bridgehead atoms. The van der Waals surface area contributed by atoms with Crippen molar-refractivity contribution in [2.24, 2.45) is 0 Å². The topological polar surface area (TPSA) is 99.4 Å². The lowest BCUT2D eigenvalue weighted by molar-refractivity contribution is -0.0640. The van der Waals surface area contributed by atoms with Gasteiger partial charge in [-0.25, -0.2) is 0 Å². The van der Waals surface area contributed by atoms with E-state index < -0.39 is 37.6 Å². The van der Waals surface area contributed by atoms with Gasteiger partial charge in [-0.15, -0.1) is 0 Å². The minimum atomic E-state index is -1.10. The van der Waals surface area contributed by atoms with Crippen molar-refractivity contribution in [3.8, 4) is 0 Å². The Bertz CT molecular complexity index is 140. The lowest BCUT2D eigenvalue weighted by Crippen LogP contribution is -2.45. The van der Waals surface area contributed by atoms with Crippen molar-refractivity contribution in [3.05, 3.63) is 0 Å². The van der Waals surface area contributed by atoms with Gasteiger partial charge < -0.3 is 29.7 Å². The first-order valence-corrected chi connectivity index (χ1v) is 4.01. The van der Waals surface area contributed by atoms with Crippen LogP contribution in [0.25, 0.3) is 0 Å². The molecule has 7 heteroatoms. The Kier molecular flexibility index (Phi) is 4.11. The van der Waals surface area contributed by atoms with Gasteiger partial charge in [0.05, 0.1) is 25.4 Å². The summed E-state index contributed by atoms with van der Waals surface area (Å²) in [6.45, 7) is -0.939. The SMILES string of the molecule is OCC(O)C1OBOC1C(O)CO. The molecule has 0 aromatic rings. The first-order chi connectivity index (χ1) is 6.20. The molecular weight excluding hydrogens is 179 g/mol. The Balaban J connectivity index is 2.52. The van der Waals surface area contributed by atoms with Gasteiger partial charge in [0, 0.05) is 0 Å². The Morgan fingerprint density at radius 2 is 1.38 bits per heavy atom. The fourth-order valence-electron chi connectivity index (χ4n) is 1.25. The average molecular weight is 192 g/mol. The molecule has 0 aromatic heterocycles. The summed E-state index contributed by atoms with van der Waals surface area (Å²) < 4.78 is 9.88. The molecule has 4 atom stereocenters. The maximum Gasteiger partial charge on any atom is 0.438 e. The van der Waals surface area contributed by atoms with Crippen molar-refractivity contribution in [3.63, 3.8) is 0 Å². The molecule has 4 unspecified atom stereocenters. The quantitative estimate of drug-likeness (QED) is 0.349. The summed E-state index contributed by atoms with van der Waals surface area (Å²) in [4.78, 5) is 0. The Morgan fingerprint density at radius 3 is 1.69 bits per heavy atom. The second-order valence-electron chi connectivity index (χ2n) is 2.88. The van der Waals surface area contributed by atoms with Crippen LogP contribution in [0.4, 0.5) is 0 Å². The second-order valence-corrected chi connectivity index (χ2v) is 2.88. The van der Waals surface area contributed by atoms with Crippen LogP contribution in [0, 0.1) is 0 Å². The zero-order valence-electron chi connectivity index (χ0n) is 7.04. The van der Waals surface area contributed by atoms with Crippen LogP contribution < -0.4 is 0 Å². The molecule has 1 aliphatic rings.